The van der Waals surface area contributed by atoms with E-state index in [1.807, 2.05) is 21.6 Å². The second-order valence-corrected chi connectivity index (χ2v) is 9.40. The van der Waals surface area contributed by atoms with Gasteiger partial charge in [-0.3, -0.25) is 18.9 Å². The van der Waals surface area contributed by atoms with E-state index in [1.54, 1.807) is 36.1 Å². The maximum atomic E-state index is 12.8. The van der Waals surface area contributed by atoms with Gasteiger partial charge in [0.05, 0.1) is 11.1 Å². The molecule has 7 heteroatoms. The first-order chi connectivity index (χ1) is 14.2. The van der Waals surface area contributed by atoms with Crippen molar-refractivity contribution in [3.8, 4) is 0 Å². The van der Waals surface area contributed by atoms with Gasteiger partial charge in [-0.15, -0.1) is 0 Å². The molecule has 0 spiro atoms. The van der Waals surface area contributed by atoms with Gasteiger partial charge in [0.2, 0.25) is 0 Å². The second-order valence-electron chi connectivity index (χ2n) is 9.40. The summed E-state index contributed by atoms with van der Waals surface area (Å²) in [5, 5.41) is 0. The Kier molecular flexibility index (Phi) is 5.22. The minimum Gasteiger partial charge on any atom is -0.338 e. The van der Waals surface area contributed by atoms with Crippen LogP contribution in [0.2, 0.25) is 0 Å². The Hall–Kier alpha value is -2.96. The van der Waals surface area contributed by atoms with Crippen molar-refractivity contribution < 1.29 is 4.79 Å². The van der Waals surface area contributed by atoms with E-state index in [4.69, 9.17) is 4.98 Å². The van der Waals surface area contributed by atoms with Crippen LogP contribution in [0.4, 0.5) is 0 Å². The number of piperidine rings is 1. The predicted octanol–water partition coefficient (Wildman–Crippen LogP) is 3.20. The van der Waals surface area contributed by atoms with Gasteiger partial charge in [0, 0.05) is 50.7 Å². The number of carbonyl (C=O) groups excluding carboxylic acids is 1. The van der Waals surface area contributed by atoms with E-state index in [-0.39, 0.29) is 22.9 Å². The molecule has 7 nitrogen and oxygen atoms in total. The van der Waals surface area contributed by atoms with Crippen molar-refractivity contribution in [1.29, 1.82) is 0 Å². The molecule has 1 atom stereocenters. The fraction of sp³-hybridized carbons (Fsp3) is 0.478. The monoisotopic (exact) mass is 407 g/mol. The Morgan fingerprint density at radius 2 is 2.03 bits per heavy atom. The van der Waals surface area contributed by atoms with Crippen LogP contribution >= 0.6 is 0 Å². The molecule has 0 aromatic carbocycles. The van der Waals surface area contributed by atoms with Gasteiger partial charge in [-0.2, -0.15) is 0 Å². The number of fused-ring (bicyclic) bond motifs is 1. The lowest BCUT2D eigenvalue weighted by Crippen LogP contribution is -2.39. The SMILES string of the molecule is Cn1c(=O)n(CC(C)(C)C)c2ccc(C3CCCN(C(=O)c4cccnc4)C3)nc21. The highest BCUT2D eigenvalue weighted by Gasteiger charge is 2.27. The third kappa shape index (κ3) is 3.88. The number of hydrogen-bond acceptors (Lipinski definition) is 4. The van der Waals surface area contributed by atoms with Gasteiger partial charge in [-0.05, 0) is 42.5 Å². The largest absolute Gasteiger partial charge is 0.338 e. The standard InChI is InChI=1S/C23H29N5O2/c1-23(2,3)15-28-19-10-9-18(25-20(19)26(4)22(28)30)17-8-6-12-27(14-17)21(29)16-7-5-11-24-13-16/h5,7,9-11,13,17H,6,8,12,14-15H2,1-4H3. The smallest absolute Gasteiger partial charge is 0.330 e. The molecule has 3 aromatic rings. The lowest BCUT2D eigenvalue weighted by molar-refractivity contribution is 0.0705. The van der Waals surface area contributed by atoms with E-state index in [0.29, 0.717) is 24.3 Å². The predicted molar refractivity (Wildman–Crippen MR) is 117 cm³/mol. The van der Waals surface area contributed by atoms with Crippen molar-refractivity contribution in [3.05, 3.63) is 58.4 Å². The Morgan fingerprint density at radius 1 is 1.23 bits per heavy atom. The summed E-state index contributed by atoms with van der Waals surface area (Å²) < 4.78 is 3.44. The third-order valence-electron chi connectivity index (χ3n) is 5.67. The summed E-state index contributed by atoms with van der Waals surface area (Å²) >= 11 is 0. The maximum Gasteiger partial charge on any atom is 0.330 e. The first kappa shape index (κ1) is 20.3. The molecule has 3 aromatic heterocycles. The first-order valence-electron chi connectivity index (χ1n) is 10.5. The summed E-state index contributed by atoms with van der Waals surface area (Å²) in [6, 6.07) is 7.61. The molecule has 1 amide bonds. The van der Waals surface area contributed by atoms with Crippen molar-refractivity contribution in [3.63, 3.8) is 0 Å². The number of nitrogens with zero attached hydrogens (tertiary/aromatic N) is 5. The molecular formula is C23H29N5O2. The van der Waals surface area contributed by atoms with E-state index >= 15 is 0 Å². The topological polar surface area (TPSA) is 73.0 Å². The Bertz CT molecular complexity index is 1120. The normalized spacial score (nSPS) is 17.5. The van der Waals surface area contributed by atoms with Crippen LogP contribution in [0.1, 0.15) is 55.6 Å². The number of amides is 1. The van der Waals surface area contributed by atoms with Crippen molar-refractivity contribution in [2.75, 3.05) is 13.1 Å². The molecule has 4 heterocycles. The molecule has 158 valence electrons. The zero-order valence-electron chi connectivity index (χ0n) is 18.1. The summed E-state index contributed by atoms with van der Waals surface area (Å²) in [6.45, 7) is 8.37. The summed E-state index contributed by atoms with van der Waals surface area (Å²) in [5.74, 6) is 0.169. The average molecular weight is 408 g/mol. The highest BCUT2D eigenvalue weighted by Crippen LogP contribution is 2.28. The molecule has 1 fully saturated rings. The number of pyridine rings is 2. The molecule has 4 rings (SSSR count). The van der Waals surface area contributed by atoms with Crippen LogP contribution in [0, 0.1) is 5.41 Å². The highest BCUT2D eigenvalue weighted by molar-refractivity contribution is 5.94. The first-order valence-corrected chi connectivity index (χ1v) is 10.5. The molecule has 0 N–H and O–H groups in total. The molecule has 0 saturated carbocycles. The molecule has 1 aliphatic heterocycles. The number of imidazole rings is 1. The number of likely N-dealkylation sites (tertiary alicyclic amines) is 1. The van der Waals surface area contributed by atoms with Crippen LogP contribution in [-0.4, -0.2) is 43.0 Å². The minimum atomic E-state index is -0.0402. The summed E-state index contributed by atoms with van der Waals surface area (Å²) in [7, 11) is 1.78. The summed E-state index contributed by atoms with van der Waals surface area (Å²) in [6.07, 6.45) is 5.20. The van der Waals surface area contributed by atoms with Crippen LogP contribution in [0.25, 0.3) is 11.2 Å². The van der Waals surface area contributed by atoms with Crippen LogP contribution in [0.5, 0.6) is 0 Å². The fourth-order valence-corrected chi connectivity index (χ4v) is 4.22. The molecule has 0 radical (unpaired) electrons. The Labute approximate surface area is 176 Å². The van der Waals surface area contributed by atoms with Crippen molar-refractivity contribution in [1.82, 2.24) is 24.0 Å². The number of aryl methyl sites for hydroxylation is 1. The zero-order chi connectivity index (χ0) is 21.5. The lowest BCUT2D eigenvalue weighted by Gasteiger charge is -2.32. The fourth-order valence-electron chi connectivity index (χ4n) is 4.22. The van der Waals surface area contributed by atoms with Gasteiger partial charge in [0.15, 0.2) is 5.65 Å². The molecule has 30 heavy (non-hydrogen) atoms. The van der Waals surface area contributed by atoms with Crippen molar-refractivity contribution in [2.45, 2.75) is 46.1 Å². The zero-order valence-corrected chi connectivity index (χ0v) is 18.1. The van der Waals surface area contributed by atoms with Gasteiger partial charge < -0.3 is 4.90 Å². The van der Waals surface area contributed by atoms with Crippen LogP contribution in [-0.2, 0) is 13.6 Å². The summed E-state index contributed by atoms with van der Waals surface area (Å²) in [4.78, 5) is 36.4. The van der Waals surface area contributed by atoms with Gasteiger partial charge in [0.25, 0.3) is 5.91 Å². The molecule has 1 saturated heterocycles. The van der Waals surface area contributed by atoms with Crippen LogP contribution in [0.15, 0.2) is 41.5 Å². The van der Waals surface area contributed by atoms with Crippen LogP contribution < -0.4 is 5.69 Å². The van der Waals surface area contributed by atoms with Crippen molar-refractivity contribution >= 4 is 17.1 Å². The molecule has 0 aliphatic carbocycles. The van der Waals surface area contributed by atoms with E-state index in [2.05, 4.69) is 25.8 Å². The highest BCUT2D eigenvalue weighted by atomic mass is 16.2. The van der Waals surface area contributed by atoms with Crippen LogP contribution in [0.3, 0.4) is 0 Å². The van der Waals surface area contributed by atoms with E-state index < -0.39 is 0 Å². The minimum absolute atomic E-state index is 0.00664. The average Bonchev–Trinajstić information content (AvgIpc) is 2.97. The van der Waals surface area contributed by atoms with Gasteiger partial charge >= 0.3 is 5.69 Å². The second kappa shape index (κ2) is 7.70. The third-order valence-corrected chi connectivity index (χ3v) is 5.67. The van der Waals surface area contributed by atoms with E-state index in [9.17, 15) is 9.59 Å². The lowest BCUT2D eigenvalue weighted by atomic mass is 9.93. The molecule has 0 bridgehead atoms. The Balaban J connectivity index is 1.62. The molecule has 1 unspecified atom stereocenters. The van der Waals surface area contributed by atoms with Gasteiger partial charge in [-0.25, -0.2) is 9.78 Å². The Morgan fingerprint density at radius 3 is 2.73 bits per heavy atom. The summed E-state index contributed by atoms with van der Waals surface area (Å²) in [5.41, 5.74) is 3.07. The number of carbonyl (C=O) groups is 1. The van der Waals surface area contributed by atoms with E-state index in [1.165, 1.54) is 0 Å². The quantitative estimate of drug-likeness (QED) is 0.668. The molecular weight excluding hydrogens is 378 g/mol. The number of aromatic nitrogens is 4. The number of rotatable bonds is 3. The number of hydrogen-bond donors (Lipinski definition) is 0. The maximum absolute atomic E-state index is 12.8. The van der Waals surface area contributed by atoms with Gasteiger partial charge in [0.1, 0.15) is 0 Å². The van der Waals surface area contributed by atoms with E-state index in [0.717, 1.165) is 30.6 Å². The molecule has 1 aliphatic rings. The van der Waals surface area contributed by atoms with Gasteiger partial charge in [-0.1, -0.05) is 20.8 Å². The van der Waals surface area contributed by atoms with Crippen molar-refractivity contribution in [2.24, 2.45) is 12.5 Å².